The quantitative estimate of drug-likeness (QED) is 0.785. The van der Waals surface area contributed by atoms with Gasteiger partial charge in [0.15, 0.2) is 5.58 Å². The molecule has 0 atom stereocenters. The first kappa shape index (κ1) is 14.6. The molecule has 1 amide bonds. The summed E-state index contributed by atoms with van der Waals surface area (Å²) in [7, 11) is 0. The van der Waals surface area contributed by atoms with Crippen LogP contribution in [0, 0.1) is 6.92 Å². The number of aryl methyl sites for hydroxylation is 1. The molecule has 1 N–H and O–H groups in total. The van der Waals surface area contributed by atoms with Crippen LogP contribution < -0.4 is 11.1 Å². The third kappa shape index (κ3) is 2.96. The first-order valence-electron chi connectivity index (χ1n) is 7.03. The van der Waals surface area contributed by atoms with Crippen molar-refractivity contribution in [3.8, 4) is 0 Å². The van der Waals surface area contributed by atoms with Crippen LogP contribution >= 0.6 is 11.3 Å². The number of amides is 1. The molecule has 22 heavy (non-hydrogen) atoms. The molecule has 0 saturated heterocycles. The van der Waals surface area contributed by atoms with Crippen molar-refractivity contribution >= 4 is 28.3 Å². The van der Waals surface area contributed by atoms with E-state index in [-0.39, 0.29) is 12.5 Å². The van der Waals surface area contributed by atoms with Gasteiger partial charge in [0.25, 0.3) is 0 Å². The molecule has 3 rings (SSSR count). The average Bonchev–Trinajstić information content (AvgIpc) is 3.04. The second-order valence-electron chi connectivity index (χ2n) is 5.05. The number of benzene rings is 1. The van der Waals surface area contributed by atoms with Crippen molar-refractivity contribution in [3.63, 3.8) is 0 Å². The van der Waals surface area contributed by atoms with E-state index in [0.717, 1.165) is 6.42 Å². The van der Waals surface area contributed by atoms with Crippen LogP contribution in [0.4, 0.5) is 0 Å². The van der Waals surface area contributed by atoms with Gasteiger partial charge in [-0.1, -0.05) is 12.1 Å². The Balaban J connectivity index is 1.63. The SMILES string of the molecule is Cc1ccsc1CCNC(=O)Cn1c(=O)oc2ccccc21. The Morgan fingerprint density at radius 2 is 2.14 bits per heavy atom. The minimum absolute atomic E-state index is 0.0285. The number of para-hydroxylation sites is 2. The molecule has 3 aromatic rings. The largest absolute Gasteiger partial charge is 0.420 e. The van der Waals surface area contributed by atoms with Gasteiger partial charge in [0, 0.05) is 11.4 Å². The Bertz CT molecular complexity index is 860. The number of carbonyl (C=O) groups excluding carboxylic acids is 1. The summed E-state index contributed by atoms with van der Waals surface area (Å²) in [4.78, 5) is 25.1. The predicted molar refractivity (Wildman–Crippen MR) is 86.2 cm³/mol. The van der Waals surface area contributed by atoms with Gasteiger partial charge < -0.3 is 9.73 Å². The summed E-state index contributed by atoms with van der Waals surface area (Å²) in [6.45, 7) is 2.59. The number of carbonyl (C=O) groups is 1. The van der Waals surface area contributed by atoms with Crippen molar-refractivity contribution in [1.82, 2.24) is 9.88 Å². The number of nitrogens with one attached hydrogen (secondary N) is 1. The molecule has 0 aliphatic heterocycles. The van der Waals surface area contributed by atoms with Crippen LogP contribution in [0.25, 0.3) is 11.1 Å². The second kappa shape index (κ2) is 6.19. The smallest absolute Gasteiger partial charge is 0.408 e. The maximum Gasteiger partial charge on any atom is 0.420 e. The lowest BCUT2D eigenvalue weighted by Crippen LogP contribution is -2.32. The van der Waals surface area contributed by atoms with Crippen LogP contribution in [0.15, 0.2) is 44.9 Å². The number of hydrogen-bond acceptors (Lipinski definition) is 4. The van der Waals surface area contributed by atoms with Gasteiger partial charge in [0.05, 0.1) is 5.52 Å². The molecule has 0 bridgehead atoms. The van der Waals surface area contributed by atoms with Gasteiger partial charge in [-0.05, 0) is 42.5 Å². The van der Waals surface area contributed by atoms with E-state index < -0.39 is 5.76 Å². The van der Waals surface area contributed by atoms with E-state index in [1.54, 1.807) is 29.5 Å². The van der Waals surface area contributed by atoms with Gasteiger partial charge >= 0.3 is 5.76 Å². The fraction of sp³-hybridized carbons (Fsp3) is 0.250. The molecule has 1 aromatic carbocycles. The number of rotatable bonds is 5. The summed E-state index contributed by atoms with van der Waals surface area (Å²) in [6, 6.07) is 9.15. The van der Waals surface area contributed by atoms with Crippen LogP contribution in [0.5, 0.6) is 0 Å². The zero-order chi connectivity index (χ0) is 15.5. The average molecular weight is 316 g/mol. The van der Waals surface area contributed by atoms with Crippen LogP contribution in [-0.4, -0.2) is 17.0 Å². The number of oxazole rings is 1. The Morgan fingerprint density at radius 3 is 2.91 bits per heavy atom. The Hall–Kier alpha value is -2.34. The van der Waals surface area contributed by atoms with E-state index in [2.05, 4.69) is 18.3 Å². The molecule has 2 aromatic heterocycles. The fourth-order valence-corrected chi connectivity index (χ4v) is 3.25. The maximum absolute atomic E-state index is 12.0. The van der Waals surface area contributed by atoms with E-state index in [1.807, 2.05) is 11.4 Å². The number of hydrogen-bond donors (Lipinski definition) is 1. The third-order valence-electron chi connectivity index (χ3n) is 3.52. The van der Waals surface area contributed by atoms with E-state index in [9.17, 15) is 9.59 Å². The molecule has 0 unspecified atom stereocenters. The van der Waals surface area contributed by atoms with Crippen molar-refractivity contribution in [2.45, 2.75) is 19.9 Å². The Kier molecular flexibility index (Phi) is 4.11. The highest BCUT2D eigenvalue weighted by Gasteiger charge is 2.12. The lowest BCUT2D eigenvalue weighted by Gasteiger charge is -2.05. The number of nitrogens with zero attached hydrogens (tertiary/aromatic N) is 1. The topological polar surface area (TPSA) is 64.2 Å². The van der Waals surface area contributed by atoms with Crippen molar-refractivity contribution in [2.75, 3.05) is 6.54 Å². The van der Waals surface area contributed by atoms with Crippen LogP contribution in [0.3, 0.4) is 0 Å². The monoisotopic (exact) mass is 316 g/mol. The molecule has 5 nitrogen and oxygen atoms in total. The Labute approximate surface area is 131 Å². The van der Waals surface area contributed by atoms with Crippen LogP contribution in [0.1, 0.15) is 10.4 Å². The normalized spacial score (nSPS) is 11.0. The molecule has 6 heteroatoms. The van der Waals surface area contributed by atoms with Crippen LogP contribution in [-0.2, 0) is 17.8 Å². The molecule has 0 aliphatic carbocycles. The van der Waals surface area contributed by atoms with Gasteiger partial charge in [0.2, 0.25) is 5.91 Å². The van der Waals surface area contributed by atoms with E-state index in [1.165, 1.54) is 15.0 Å². The third-order valence-corrected chi connectivity index (χ3v) is 4.60. The highest BCUT2D eigenvalue weighted by molar-refractivity contribution is 7.10. The zero-order valence-electron chi connectivity index (χ0n) is 12.2. The van der Waals surface area contributed by atoms with Gasteiger partial charge in [0.1, 0.15) is 6.54 Å². The maximum atomic E-state index is 12.0. The fourth-order valence-electron chi connectivity index (χ4n) is 2.34. The summed E-state index contributed by atoms with van der Waals surface area (Å²) in [5, 5.41) is 4.89. The highest BCUT2D eigenvalue weighted by atomic mass is 32.1. The van der Waals surface area contributed by atoms with Crippen molar-refractivity contribution in [2.24, 2.45) is 0 Å². The molecular weight excluding hydrogens is 300 g/mol. The summed E-state index contributed by atoms with van der Waals surface area (Å²) < 4.78 is 6.46. The Morgan fingerprint density at radius 1 is 1.32 bits per heavy atom. The second-order valence-corrected chi connectivity index (χ2v) is 6.05. The lowest BCUT2D eigenvalue weighted by molar-refractivity contribution is -0.121. The minimum Gasteiger partial charge on any atom is -0.408 e. The number of aromatic nitrogens is 1. The minimum atomic E-state index is -0.509. The standard InChI is InChI=1S/C16H16N2O3S/c1-11-7-9-22-14(11)6-8-17-15(19)10-18-12-4-2-3-5-13(12)21-16(18)20/h2-5,7,9H,6,8,10H2,1H3,(H,17,19). The first-order valence-corrected chi connectivity index (χ1v) is 7.91. The van der Waals surface area contributed by atoms with E-state index in [0.29, 0.717) is 17.6 Å². The van der Waals surface area contributed by atoms with Gasteiger partial charge in [-0.3, -0.25) is 9.36 Å². The van der Waals surface area contributed by atoms with E-state index in [4.69, 9.17) is 4.42 Å². The molecule has 0 saturated carbocycles. The van der Waals surface area contributed by atoms with Gasteiger partial charge in [-0.25, -0.2) is 4.79 Å². The number of thiophene rings is 1. The first-order chi connectivity index (χ1) is 10.6. The predicted octanol–water partition coefficient (Wildman–Crippen LogP) is 2.32. The molecule has 0 spiro atoms. The lowest BCUT2D eigenvalue weighted by atomic mass is 10.2. The van der Waals surface area contributed by atoms with Crippen molar-refractivity contribution in [1.29, 1.82) is 0 Å². The molecule has 0 aliphatic rings. The highest BCUT2D eigenvalue weighted by Crippen LogP contribution is 2.15. The summed E-state index contributed by atoms with van der Waals surface area (Å²) in [6.07, 6.45) is 0.802. The van der Waals surface area contributed by atoms with E-state index >= 15 is 0 Å². The molecule has 0 radical (unpaired) electrons. The molecule has 2 heterocycles. The van der Waals surface area contributed by atoms with Crippen LogP contribution in [0.2, 0.25) is 0 Å². The zero-order valence-corrected chi connectivity index (χ0v) is 13.0. The van der Waals surface area contributed by atoms with Crippen molar-refractivity contribution in [3.05, 3.63) is 56.7 Å². The summed E-state index contributed by atoms with van der Waals surface area (Å²) in [5.41, 5.74) is 2.38. The molecular formula is C16H16N2O3S. The van der Waals surface area contributed by atoms with Crippen molar-refractivity contribution < 1.29 is 9.21 Å². The van der Waals surface area contributed by atoms with Gasteiger partial charge in [-0.15, -0.1) is 11.3 Å². The molecule has 0 fully saturated rings. The number of fused-ring (bicyclic) bond motifs is 1. The molecule has 114 valence electrons. The summed E-state index contributed by atoms with van der Waals surface area (Å²) in [5.74, 6) is -0.701. The van der Waals surface area contributed by atoms with Gasteiger partial charge in [-0.2, -0.15) is 0 Å². The summed E-state index contributed by atoms with van der Waals surface area (Å²) >= 11 is 1.69.